The normalized spacial score (nSPS) is 16.5. The Balaban J connectivity index is 1.52. The van der Waals surface area contributed by atoms with Crippen molar-refractivity contribution >= 4 is 17.5 Å². The van der Waals surface area contributed by atoms with Crippen molar-refractivity contribution in [2.45, 2.75) is 25.7 Å². The van der Waals surface area contributed by atoms with Crippen molar-refractivity contribution in [3.8, 4) is 0 Å². The molecule has 2 amide bonds. The van der Waals surface area contributed by atoms with Crippen LogP contribution < -0.4 is 5.32 Å². The molecule has 1 atom stereocenters. The molecular weight excluding hydrogens is 381 g/mol. The molecule has 30 heavy (non-hydrogen) atoms. The predicted molar refractivity (Wildman–Crippen MR) is 117 cm³/mol. The van der Waals surface area contributed by atoms with E-state index in [0.29, 0.717) is 13.1 Å². The summed E-state index contributed by atoms with van der Waals surface area (Å²) in [5.41, 5.74) is 2.79. The van der Waals surface area contributed by atoms with E-state index in [2.05, 4.69) is 10.2 Å². The highest BCUT2D eigenvalue weighted by atomic mass is 19.1. The minimum atomic E-state index is -0.313. The molecule has 0 bridgehead atoms. The van der Waals surface area contributed by atoms with E-state index in [1.807, 2.05) is 38.4 Å². The standard InChI is InChI=1S/C24H30FN3O2/c1-27(2)15-13-18-7-11-22(12-8-18)26-24(30)20-4-3-14-28(17-20)23(29)16-19-5-9-21(25)10-6-19/h5-12,20H,3-4,13-17H2,1-2H3,(H,26,30). The number of hydrogen-bond donors (Lipinski definition) is 1. The Morgan fingerprint density at radius 2 is 1.73 bits per heavy atom. The summed E-state index contributed by atoms with van der Waals surface area (Å²) in [6.07, 6.45) is 2.77. The number of likely N-dealkylation sites (tertiary alicyclic amines) is 1. The topological polar surface area (TPSA) is 52.7 Å². The highest BCUT2D eigenvalue weighted by molar-refractivity contribution is 5.93. The Morgan fingerprint density at radius 3 is 2.40 bits per heavy atom. The number of nitrogens with zero attached hydrogens (tertiary/aromatic N) is 2. The number of anilines is 1. The van der Waals surface area contributed by atoms with Gasteiger partial charge in [0.2, 0.25) is 11.8 Å². The van der Waals surface area contributed by atoms with Crippen molar-refractivity contribution < 1.29 is 14.0 Å². The van der Waals surface area contributed by atoms with Crippen molar-refractivity contribution in [3.63, 3.8) is 0 Å². The molecule has 1 aliphatic heterocycles. The molecule has 2 aromatic carbocycles. The molecule has 1 saturated heterocycles. The van der Waals surface area contributed by atoms with Gasteiger partial charge in [-0.2, -0.15) is 0 Å². The van der Waals surface area contributed by atoms with E-state index in [-0.39, 0.29) is 30.0 Å². The van der Waals surface area contributed by atoms with Crippen LogP contribution in [0.1, 0.15) is 24.0 Å². The van der Waals surface area contributed by atoms with E-state index in [9.17, 15) is 14.0 Å². The van der Waals surface area contributed by atoms with Crippen molar-refractivity contribution in [1.82, 2.24) is 9.80 Å². The lowest BCUT2D eigenvalue weighted by Gasteiger charge is -2.32. The highest BCUT2D eigenvalue weighted by Gasteiger charge is 2.28. The Hall–Kier alpha value is -2.73. The number of piperidine rings is 1. The summed E-state index contributed by atoms with van der Waals surface area (Å²) in [6.45, 7) is 2.06. The largest absolute Gasteiger partial charge is 0.342 e. The minimum Gasteiger partial charge on any atom is -0.342 e. The second-order valence-corrected chi connectivity index (χ2v) is 8.22. The van der Waals surface area contributed by atoms with Gasteiger partial charge in [-0.3, -0.25) is 9.59 Å². The van der Waals surface area contributed by atoms with E-state index in [0.717, 1.165) is 37.1 Å². The van der Waals surface area contributed by atoms with Crippen LogP contribution in [0.2, 0.25) is 0 Å². The lowest BCUT2D eigenvalue weighted by molar-refractivity contribution is -0.133. The zero-order valence-electron chi connectivity index (χ0n) is 17.7. The van der Waals surface area contributed by atoms with Crippen LogP contribution in [-0.4, -0.2) is 55.3 Å². The maximum absolute atomic E-state index is 13.0. The zero-order valence-corrected chi connectivity index (χ0v) is 17.7. The molecule has 1 N–H and O–H groups in total. The summed E-state index contributed by atoms with van der Waals surface area (Å²) in [6, 6.07) is 13.9. The molecule has 0 radical (unpaired) electrons. The first-order valence-corrected chi connectivity index (χ1v) is 10.5. The van der Waals surface area contributed by atoms with Crippen molar-refractivity contribution in [1.29, 1.82) is 0 Å². The van der Waals surface area contributed by atoms with Gasteiger partial charge in [0.1, 0.15) is 5.82 Å². The number of halogens is 1. The Morgan fingerprint density at radius 1 is 1.07 bits per heavy atom. The van der Waals surface area contributed by atoms with Gasteiger partial charge in [0.25, 0.3) is 0 Å². The first-order chi connectivity index (χ1) is 14.4. The van der Waals surface area contributed by atoms with E-state index >= 15 is 0 Å². The van der Waals surface area contributed by atoms with Crippen molar-refractivity contribution in [2.24, 2.45) is 5.92 Å². The number of amides is 2. The van der Waals surface area contributed by atoms with Crippen LogP contribution in [0.4, 0.5) is 10.1 Å². The maximum atomic E-state index is 13.0. The number of carbonyl (C=O) groups is 2. The molecule has 0 aliphatic carbocycles. The van der Waals surface area contributed by atoms with Gasteiger partial charge in [0.05, 0.1) is 12.3 Å². The third-order valence-electron chi connectivity index (χ3n) is 5.48. The smallest absolute Gasteiger partial charge is 0.229 e. The second-order valence-electron chi connectivity index (χ2n) is 8.22. The molecule has 0 aromatic heterocycles. The monoisotopic (exact) mass is 411 g/mol. The molecule has 2 aromatic rings. The number of likely N-dealkylation sites (N-methyl/N-ethyl adjacent to an activating group) is 1. The first kappa shape index (κ1) is 22.0. The quantitative estimate of drug-likeness (QED) is 0.760. The van der Waals surface area contributed by atoms with Gasteiger partial charge in [-0.15, -0.1) is 0 Å². The molecule has 1 unspecified atom stereocenters. The molecule has 160 valence electrons. The molecular formula is C24H30FN3O2. The third kappa shape index (κ3) is 6.39. The first-order valence-electron chi connectivity index (χ1n) is 10.5. The highest BCUT2D eigenvalue weighted by Crippen LogP contribution is 2.20. The number of nitrogens with one attached hydrogen (secondary N) is 1. The van der Waals surface area contributed by atoms with Gasteiger partial charge >= 0.3 is 0 Å². The van der Waals surface area contributed by atoms with E-state index in [4.69, 9.17) is 0 Å². The van der Waals surface area contributed by atoms with Crippen LogP contribution in [0.15, 0.2) is 48.5 Å². The van der Waals surface area contributed by atoms with Gasteiger partial charge in [-0.05, 0) is 68.8 Å². The van der Waals surface area contributed by atoms with Crippen molar-refractivity contribution in [3.05, 3.63) is 65.5 Å². The fraction of sp³-hybridized carbons (Fsp3) is 0.417. The molecule has 3 rings (SSSR count). The molecule has 0 saturated carbocycles. The molecule has 6 heteroatoms. The van der Waals surface area contributed by atoms with E-state index < -0.39 is 0 Å². The second kappa shape index (κ2) is 10.3. The van der Waals surface area contributed by atoms with Gasteiger partial charge in [0.15, 0.2) is 0 Å². The van der Waals surface area contributed by atoms with Gasteiger partial charge in [-0.1, -0.05) is 24.3 Å². The molecule has 0 spiro atoms. The summed E-state index contributed by atoms with van der Waals surface area (Å²) < 4.78 is 13.0. The van der Waals surface area contributed by atoms with Crippen LogP contribution >= 0.6 is 0 Å². The molecule has 1 heterocycles. The average molecular weight is 412 g/mol. The number of hydrogen-bond acceptors (Lipinski definition) is 3. The van der Waals surface area contributed by atoms with Gasteiger partial charge < -0.3 is 15.1 Å². The van der Waals surface area contributed by atoms with E-state index in [1.54, 1.807) is 17.0 Å². The van der Waals surface area contributed by atoms with Gasteiger partial charge in [0, 0.05) is 25.3 Å². The van der Waals surface area contributed by atoms with Crippen LogP contribution in [0.3, 0.4) is 0 Å². The Bertz CT molecular complexity index is 850. The van der Waals surface area contributed by atoms with Crippen LogP contribution in [0.25, 0.3) is 0 Å². The number of benzene rings is 2. The predicted octanol–water partition coefficient (Wildman–Crippen LogP) is 3.35. The Kier molecular flexibility index (Phi) is 7.57. The van der Waals surface area contributed by atoms with Gasteiger partial charge in [-0.25, -0.2) is 4.39 Å². The number of carbonyl (C=O) groups excluding carboxylic acids is 2. The average Bonchev–Trinajstić information content (AvgIpc) is 2.75. The Labute approximate surface area is 177 Å². The number of rotatable bonds is 7. The molecule has 1 aliphatic rings. The lowest BCUT2D eigenvalue weighted by Crippen LogP contribution is -2.44. The van der Waals surface area contributed by atoms with Crippen LogP contribution in [0.5, 0.6) is 0 Å². The maximum Gasteiger partial charge on any atom is 0.229 e. The summed E-state index contributed by atoms with van der Waals surface area (Å²) in [7, 11) is 4.10. The van der Waals surface area contributed by atoms with Crippen LogP contribution in [0, 0.1) is 11.7 Å². The lowest BCUT2D eigenvalue weighted by atomic mass is 9.96. The fourth-order valence-corrected chi connectivity index (χ4v) is 3.66. The van der Waals surface area contributed by atoms with Crippen molar-refractivity contribution in [2.75, 3.05) is 39.0 Å². The zero-order chi connectivity index (χ0) is 21.5. The van der Waals surface area contributed by atoms with Crippen LogP contribution in [-0.2, 0) is 22.4 Å². The minimum absolute atomic E-state index is 0.0237. The fourth-order valence-electron chi connectivity index (χ4n) is 3.66. The molecule has 5 nitrogen and oxygen atoms in total. The summed E-state index contributed by atoms with van der Waals surface area (Å²) in [5.74, 6) is -0.601. The molecule has 1 fully saturated rings. The van der Waals surface area contributed by atoms with E-state index in [1.165, 1.54) is 17.7 Å². The third-order valence-corrected chi connectivity index (χ3v) is 5.48. The summed E-state index contributed by atoms with van der Waals surface area (Å²) in [4.78, 5) is 29.2. The summed E-state index contributed by atoms with van der Waals surface area (Å²) in [5, 5.41) is 2.99. The summed E-state index contributed by atoms with van der Waals surface area (Å²) >= 11 is 0. The SMILES string of the molecule is CN(C)CCc1ccc(NC(=O)C2CCCN(C(=O)Cc3ccc(F)cc3)C2)cc1.